The Morgan fingerprint density at radius 1 is 1.25 bits per heavy atom. The van der Waals surface area contributed by atoms with E-state index in [4.69, 9.17) is 17.3 Å². The van der Waals surface area contributed by atoms with Crippen molar-refractivity contribution in [2.45, 2.75) is 12.8 Å². The molecule has 1 aromatic rings. The minimum Gasteiger partial charge on any atom is -0.481 e. The summed E-state index contributed by atoms with van der Waals surface area (Å²) in [5.41, 5.74) is 0.907. The molecule has 0 saturated carbocycles. The van der Waals surface area contributed by atoms with Crippen LogP contribution in [0.15, 0.2) is 35.2 Å². The zero-order valence-corrected chi connectivity index (χ0v) is 14.4. The number of amides is 2. The van der Waals surface area contributed by atoms with E-state index in [1.807, 2.05) is 30.3 Å². The fraction of sp³-hybridized carbons (Fsp3) is 0.250. The monoisotopic (exact) mass is 364 g/mol. The second kappa shape index (κ2) is 8.60. The molecule has 2 N–H and O–H groups in total. The van der Waals surface area contributed by atoms with E-state index in [2.05, 4.69) is 5.32 Å². The first-order valence-electron chi connectivity index (χ1n) is 7.26. The zero-order valence-electron chi connectivity index (χ0n) is 12.7. The fourth-order valence-electron chi connectivity index (χ4n) is 2.00. The van der Waals surface area contributed by atoms with E-state index in [9.17, 15) is 14.4 Å². The normalized spacial score (nSPS) is 15.8. The molecule has 1 heterocycles. The summed E-state index contributed by atoms with van der Waals surface area (Å²) in [6, 6.07) is 9.44. The number of hydrogen-bond donors (Lipinski definition) is 2. The van der Waals surface area contributed by atoms with Crippen molar-refractivity contribution in [3.05, 3.63) is 40.8 Å². The Hall–Kier alpha value is -2.19. The van der Waals surface area contributed by atoms with Gasteiger partial charge in [0, 0.05) is 19.5 Å². The number of carbonyl (C=O) groups excluding carboxylic acids is 2. The summed E-state index contributed by atoms with van der Waals surface area (Å²) in [5, 5.41) is 11.0. The molecule has 1 fully saturated rings. The van der Waals surface area contributed by atoms with Crippen molar-refractivity contribution in [2.75, 3.05) is 13.1 Å². The number of carbonyl (C=O) groups is 3. The molecule has 0 radical (unpaired) electrons. The maximum absolute atomic E-state index is 12.4. The highest BCUT2D eigenvalue weighted by Gasteiger charge is 2.31. The van der Waals surface area contributed by atoms with Gasteiger partial charge in [-0.15, -0.1) is 0 Å². The van der Waals surface area contributed by atoms with Gasteiger partial charge in [-0.2, -0.15) is 0 Å². The predicted octanol–water partition coefficient (Wildman–Crippen LogP) is 1.87. The molecule has 1 saturated heterocycles. The molecule has 2 rings (SSSR count). The largest absolute Gasteiger partial charge is 0.481 e. The quantitative estimate of drug-likeness (QED) is 0.567. The van der Waals surface area contributed by atoms with Crippen molar-refractivity contribution in [3.8, 4) is 0 Å². The Morgan fingerprint density at radius 3 is 2.62 bits per heavy atom. The van der Waals surface area contributed by atoms with E-state index < -0.39 is 5.97 Å². The maximum Gasteiger partial charge on any atom is 0.305 e. The minimum atomic E-state index is -0.974. The van der Waals surface area contributed by atoms with Crippen molar-refractivity contribution in [1.29, 1.82) is 0 Å². The maximum atomic E-state index is 12.4. The van der Waals surface area contributed by atoms with Gasteiger partial charge in [-0.1, -0.05) is 54.3 Å². The van der Waals surface area contributed by atoms with E-state index >= 15 is 0 Å². The first kappa shape index (κ1) is 18.2. The van der Waals surface area contributed by atoms with Crippen LogP contribution < -0.4 is 5.32 Å². The lowest BCUT2D eigenvalue weighted by Gasteiger charge is -2.13. The van der Waals surface area contributed by atoms with Crippen LogP contribution in [0.25, 0.3) is 6.08 Å². The van der Waals surface area contributed by atoms with Crippen molar-refractivity contribution in [1.82, 2.24) is 10.2 Å². The topological polar surface area (TPSA) is 86.7 Å². The summed E-state index contributed by atoms with van der Waals surface area (Å²) in [6.45, 7) is 0.246. The lowest BCUT2D eigenvalue weighted by atomic mass is 10.2. The summed E-state index contributed by atoms with van der Waals surface area (Å²) < 4.78 is 0.417. The third-order valence-electron chi connectivity index (χ3n) is 3.19. The molecule has 0 unspecified atom stereocenters. The van der Waals surface area contributed by atoms with Crippen molar-refractivity contribution >= 4 is 52.2 Å². The molecule has 1 aliphatic rings. The van der Waals surface area contributed by atoms with Crippen molar-refractivity contribution in [2.24, 2.45) is 0 Å². The van der Waals surface area contributed by atoms with Crippen molar-refractivity contribution < 1.29 is 19.5 Å². The Morgan fingerprint density at radius 2 is 1.96 bits per heavy atom. The SMILES string of the molecule is O=C(O)CCNC(=O)CCN1C(=O)/C(=C\c2ccccc2)SC1=S. The first-order valence-corrected chi connectivity index (χ1v) is 8.49. The van der Waals surface area contributed by atoms with Crippen LogP contribution in [0.4, 0.5) is 0 Å². The van der Waals surface area contributed by atoms with Gasteiger partial charge in [-0.05, 0) is 11.6 Å². The van der Waals surface area contributed by atoms with Crippen LogP contribution in [0.2, 0.25) is 0 Å². The van der Waals surface area contributed by atoms with E-state index in [0.29, 0.717) is 9.23 Å². The Kier molecular flexibility index (Phi) is 6.51. The summed E-state index contributed by atoms with van der Waals surface area (Å²) in [4.78, 5) is 36.3. The molecular formula is C16H16N2O4S2. The Bertz CT molecular complexity index is 689. The standard InChI is InChI=1S/C16H16N2O4S2/c19-13(17-8-6-14(20)21)7-9-18-15(22)12(24-16(18)23)10-11-4-2-1-3-5-11/h1-5,10H,6-9H2,(H,17,19)(H,20,21)/b12-10+. The van der Waals surface area contributed by atoms with Gasteiger partial charge in [0.1, 0.15) is 4.32 Å². The molecule has 0 aromatic heterocycles. The van der Waals surface area contributed by atoms with Crippen LogP contribution in [0, 0.1) is 0 Å². The van der Waals surface area contributed by atoms with E-state index in [-0.39, 0.29) is 37.7 Å². The number of thiocarbonyl (C=S) groups is 1. The number of aliphatic carboxylic acids is 1. The van der Waals surface area contributed by atoms with Gasteiger partial charge >= 0.3 is 5.97 Å². The minimum absolute atomic E-state index is 0.0699. The number of carboxylic acid groups (broad SMARTS) is 1. The molecule has 8 heteroatoms. The Balaban J connectivity index is 1.89. The molecule has 0 atom stereocenters. The number of nitrogens with one attached hydrogen (secondary N) is 1. The summed E-state index contributed by atoms with van der Waals surface area (Å²) in [6.07, 6.45) is 1.71. The number of hydrogen-bond acceptors (Lipinski definition) is 5. The smallest absolute Gasteiger partial charge is 0.305 e. The van der Waals surface area contributed by atoms with Crippen molar-refractivity contribution in [3.63, 3.8) is 0 Å². The van der Waals surface area contributed by atoms with Crippen LogP contribution in [0.1, 0.15) is 18.4 Å². The number of nitrogens with zero attached hydrogens (tertiary/aromatic N) is 1. The number of carboxylic acids is 1. The lowest BCUT2D eigenvalue weighted by Crippen LogP contribution is -2.34. The third-order valence-corrected chi connectivity index (χ3v) is 4.57. The molecule has 0 spiro atoms. The highest BCUT2D eigenvalue weighted by atomic mass is 32.2. The predicted molar refractivity (Wildman–Crippen MR) is 96.2 cm³/mol. The van der Waals surface area contributed by atoms with Crippen LogP contribution in [-0.2, 0) is 14.4 Å². The molecule has 6 nitrogen and oxygen atoms in total. The highest BCUT2D eigenvalue weighted by Crippen LogP contribution is 2.32. The molecule has 24 heavy (non-hydrogen) atoms. The van der Waals surface area contributed by atoms with E-state index in [1.165, 1.54) is 16.7 Å². The molecule has 126 valence electrons. The molecule has 2 amide bonds. The Labute approximate surface area is 148 Å². The molecular weight excluding hydrogens is 348 g/mol. The lowest BCUT2D eigenvalue weighted by molar-refractivity contribution is -0.136. The number of thioether (sulfide) groups is 1. The van der Waals surface area contributed by atoms with E-state index in [0.717, 1.165) is 5.56 Å². The van der Waals surface area contributed by atoms with Gasteiger partial charge in [0.15, 0.2) is 0 Å². The zero-order chi connectivity index (χ0) is 17.5. The molecule has 0 bridgehead atoms. The average Bonchev–Trinajstić information content (AvgIpc) is 2.80. The van der Waals surface area contributed by atoms with E-state index in [1.54, 1.807) is 6.08 Å². The first-order chi connectivity index (χ1) is 11.5. The summed E-state index contributed by atoms with van der Waals surface area (Å²) in [5.74, 6) is -1.50. The van der Waals surface area contributed by atoms with Crippen LogP contribution in [-0.4, -0.2) is 45.2 Å². The van der Waals surface area contributed by atoms with Crippen LogP contribution >= 0.6 is 24.0 Å². The second-order valence-electron chi connectivity index (χ2n) is 4.99. The van der Waals surface area contributed by atoms with Crippen LogP contribution in [0.5, 0.6) is 0 Å². The molecule has 1 aromatic carbocycles. The average molecular weight is 364 g/mol. The number of rotatable bonds is 7. The van der Waals surface area contributed by atoms with Crippen LogP contribution in [0.3, 0.4) is 0 Å². The van der Waals surface area contributed by atoms with Gasteiger partial charge in [0.25, 0.3) is 5.91 Å². The fourth-order valence-corrected chi connectivity index (χ4v) is 3.31. The summed E-state index contributed by atoms with van der Waals surface area (Å²) >= 11 is 6.41. The van der Waals surface area contributed by atoms with Gasteiger partial charge < -0.3 is 10.4 Å². The molecule has 1 aliphatic heterocycles. The number of benzene rings is 1. The summed E-state index contributed by atoms with van der Waals surface area (Å²) in [7, 11) is 0. The third kappa shape index (κ3) is 5.17. The highest BCUT2D eigenvalue weighted by molar-refractivity contribution is 8.26. The van der Waals surface area contributed by atoms with Gasteiger partial charge in [0.2, 0.25) is 5.91 Å². The van der Waals surface area contributed by atoms with Gasteiger partial charge in [-0.25, -0.2) is 0 Å². The second-order valence-corrected chi connectivity index (χ2v) is 6.66. The molecule has 0 aliphatic carbocycles. The van der Waals surface area contributed by atoms with Gasteiger partial charge in [0.05, 0.1) is 11.3 Å². The van der Waals surface area contributed by atoms with Gasteiger partial charge in [-0.3, -0.25) is 19.3 Å².